The Labute approximate surface area is 186 Å². The second-order valence-corrected chi connectivity index (χ2v) is 8.31. The van der Waals surface area contributed by atoms with E-state index in [4.69, 9.17) is 4.74 Å². The number of piperidine rings is 1. The molecule has 0 atom stereocenters. The van der Waals surface area contributed by atoms with Crippen molar-refractivity contribution in [3.05, 3.63) is 41.4 Å². The van der Waals surface area contributed by atoms with Gasteiger partial charge < -0.3 is 20.3 Å². The minimum absolute atomic E-state index is 0.0343. The van der Waals surface area contributed by atoms with Crippen LogP contribution in [-0.2, 0) is 9.53 Å². The lowest BCUT2D eigenvalue weighted by Crippen LogP contribution is -2.46. The number of benzene rings is 1. The number of likely N-dealkylation sites (tertiary alicyclic amines) is 1. The molecule has 1 aromatic heterocycles. The maximum Gasteiger partial charge on any atom is 0.409 e. The Morgan fingerprint density at radius 2 is 1.94 bits per heavy atom. The van der Waals surface area contributed by atoms with Gasteiger partial charge in [0.2, 0.25) is 5.91 Å². The number of carbonyl (C=O) groups is 3. The first-order valence-electron chi connectivity index (χ1n) is 10.6. The summed E-state index contributed by atoms with van der Waals surface area (Å²) in [6.07, 6.45) is 3.63. The fraction of sp³-hybridized carbons (Fsp3) is 0.455. The molecule has 1 fully saturated rings. The topological polar surface area (TPSA) is 101 Å². The van der Waals surface area contributed by atoms with E-state index in [-0.39, 0.29) is 23.9 Å². The van der Waals surface area contributed by atoms with E-state index < -0.39 is 0 Å². The summed E-state index contributed by atoms with van der Waals surface area (Å²) in [5, 5.41) is 6.66. The molecule has 1 aliphatic rings. The zero-order chi connectivity index (χ0) is 22.1. The smallest absolute Gasteiger partial charge is 0.409 e. The van der Waals surface area contributed by atoms with Crippen molar-refractivity contribution in [3.8, 4) is 10.6 Å². The van der Waals surface area contributed by atoms with Crippen LogP contribution in [0.3, 0.4) is 0 Å². The molecule has 3 rings (SSSR count). The van der Waals surface area contributed by atoms with Crippen LogP contribution in [0.4, 0.5) is 4.79 Å². The molecule has 1 aliphatic heterocycles. The number of nitrogens with zero attached hydrogens (tertiary/aromatic N) is 2. The van der Waals surface area contributed by atoms with Crippen molar-refractivity contribution in [3.63, 3.8) is 0 Å². The van der Waals surface area contributed by atoms with E-state index in [1.165, 1.54) is 11.3 Å². The van der Waals surface area contributed by atoms with Crippen molar-refractivity contribution in [2.75, 3.05) is 26.2 Å². The molecule has 0 saturated carbocycles. The second kappa shape index (κ2) is 11.5. The lowest BCUT2D eigenvalue weighted by Gasteiger charge is -2.31. The Kier molecular flexibility index (Phi) is 8.40. The molecule has 0 radical (unpaired) electrons. The highest BCUT2D eigenvalue weighted by Crippen LogP contribution is 2.24. The van der Waals surface area contributed by atoms with Gasteiger partial charge in [-0.1, -0.05) is 30.3 Å². The Balaban J connectivity index is 1.32. The number of carbonyl (C=O) groups excluding carboxylic acids is 3. The third-order valence-electron chi connectivity index (χ3n) is 5.00. The van der Waals surface area contributed by atoms with Gasteiger partial charge in [-0.2, -0.15) is 0 Å². The molecular formula is C22H28N4O4S. The van der Waals surface area contributed by atoms with Gasteiger partial charge in [0, 0.05) is 37.7 Å². The van der Waals surface area contributed by atoms with Crippen molar-refractivity contribution in [1.82, 2.24) is 20.5 Å². The van der Waals surface area contributed by atoms with Crippen LogP contribution in [0, 0.1) is 0 Å². The van der Waals surface area contributed by atoms with E-state index in [0.29, 0.717) is 44.0 Å². The summed E-state index contributed by atoms with van der Waals surface area (Å²) in [5.41, 5.74) is 0.983. The van der Waals surface area contributed by atoms with Crippen molar-refractivity contribution >= 4 is 29.2 Å². The third kappa shape index (κ3) is 6.78. The molecular weight excluding hydrogens is 416 g/mol. The van der Waals surface area contributed by atoms with Crippen LogP contribution in [0.5, 0.6) is 0 Å². The summed E-state index contributed by atoms with van der Waals surface area (Å²) in [5.74, 6) is -0.209. The van der Waals surface area contributed by atoms with Crippen molar-refractivity contribution in [1.29, 1.82) is 0 Å². The van der Waals surface area contributed by atoms with Crippen molar-refractivity contribution in [2.45, 2.75) is 38.6 Å². The SMILES string of the molecule is CCOC(=O)N1CCC(NC(=O)CCCNC(=O)c2cnc(-c3ccccc3)s2)CC1. The van der Waals surface area contributed by atoms with E-state index in [1.807, 2.05) is 30.3 Å². The summed E-state index contributed by atoms with van der Waals surface area (Å²) < 4.78 is 5.00. The van der Waals surface area contributed by atoms with Gasteiger partial charge in [0.05, 0.1) is 12.8 Å². The molecule has 3 amide bonds. The molecule has 0 bridgehead atoms. The van der Waals surface area contributed by atoms with Gasteiger partial charge in [0.15, 0.2) is 0 Å². The minimum atomic E-state index is -0.292. The summed E-state index contributed by atoms with van der Waals surface area (Å²) in [6, 6.07) is 9.80. The fourth-order valence-electron chi connectivity index (χ4n) is 3.35. The highest BCUT2D eigenvalue weighted by Gasteiger charge is 2.24. The van der Waals surface area contributed by atoms with Crippen molar-refractivity contribution < 1.29 is 19.1 Å². The number of aromatic nitrogens is 1. The Morgan fingerprint density at radius 1 is 1.19 bits per heavy atom. The zero-order valence-electron chi connectivity index (χ0n) is 17.6. The van der Waals surface area contributed by atoms with E-state index in [2.05, 4.69) is 15.6 Å². The van der Waals surface area contributed by atoms with Crippen LogP contribution >= 0.6 is 11.3 Å². The molecule has 2 aromatic rings. The van der Waals surface area contributed by atoms with Gasteiger partial charge in [-0.05, 0) is 26.2 Å². The summed E-state index contributed by atoms with van der Waals surface area (Å²) in [6.45, 7) is 3.74. The predicted octanol–water partition coefficient (Wildman–Crippen LogP) is 3.06. The Morgan fingerprint density at radius 3 is 2.65 bits per heavy atom. The number of rotatable bonds is 8. The van der Waals surface area contributed by atoms with Gasteiger partial charge in [-0.15, -0.1) is 11.3 Å². The first kappa shape index (κ1) is 22.7. The molecule has 8 nitrogen and oxygen atoms in total. The normalized spacial score (nSPS) is 14.2. The van der Waals surface area contributed by atoms with Gasteiger partial charge in [0.1, 0.15) is 9.88 Å². The highest BCUT2D eigenvalue weighted by molar-refractivity contribution is 7.16. The first-order valence-corrected chi connectivity index (χ1v) is 11.4. The molecule has 1 saturated heterocycles. The monoisotopic (exact) mass is 444 g/mol. The number of hydrogen-bond acceptors (Lipinski definition) is 6. The quantitative estimate of drug-likeness (QED) is 0.610. The lowest BCUT2D eigenvalue weighted by atomic mass is 10.1. The van der Waals surface area contributed by atoms with Gasteiger partial charge >= 0.3 is 6.09 Å². The van der Waals surface area contributed by atoms with Gasteiger partial charge in [-0.25, -0.2) is 9.78 Å². The summed E-state index contributed by atoms with van der Waals surface area (Å²) >= 11 is 1.35. The number of amides is 3. The Bertz CT molecular complexity index is 879. The molecule has 2 N–H and O–H groups in total. The van der Waals surface area contributed by atoms with Crippen LogP contribution in [0.25, 0.3) is 10.6 Å². The second-order valence-electron chi connectivity index (χ2n) is 7.28. The van der Waals surface area contributed by atoms with Crippen LogP contribution < -0.4 is 10.6 Å². The zero-order valence-corrected chi connectivity index (χ0v) is 18.5. The van der Waals surface area contributed by atoms with Crippen LogP contribution in [0.1, 0.15) is 42.3 Å². The molecule has 166 valence electrons. The maximum atomic E-state index is 12.3. The predicted molar refractivity (Wildman–Crippen MR) is 119 cm³/mol. The number of hydrogen-bond donors (Lipinski definition) is 2. The Hall–Kier alpha value is -2.94. The van der Waals surface area contributed by atoms with Crippen LogP contribution in [0.15, 0.2) is 36.5 Å². The molecule has 0 spiro atoms. The first-order chi connectivity index (χ1) is 15.1. The van der Waals surface area contributed by atoms with Crippen LogP contribution in [-0.4, -0.2) is 60.1 Å². The van der Waals surface area contributed by atoms with E-state index >= 15 is 0 Å². The number of nitrogens with one attached hydrogen (secondary N) is 2. The molecule has 9 heteroatoms. The molecule has 0 unspecified atom stereocenters. The van der Waals surface area contributed by atoms with Crippen LogP contribution in [0.2, 0.25) is 0 Å². The van der Waals surface area contributed by atoms with Crippen molar-refractivity contribution in [2.24, 2.45) is 0 Å². The average Bonchev–Trinajstić information content (AvgIpc) is 3.28. The fourth-order valence-corrected chi connectivity index (χ4v) is 4.19. The minimum Gasteiger partial charge on any atom is -0.450 e. The molecule has 0 aliphatic carbocycles. The standard InChI is InChI=1S/C22H28N4O4S/c1-2-30-22(29)26-13-10-17(11-14-26)25-19(27)9-6-12-23-20(28)18-15-24-21(31-18)16-7-4-3-5-8-16/h3-5,7-8,15,17H,2,6,9-14H2,1H3,(H,23,28)(H,25,27). The van der Waals surface area contributed by atoms with Gasteiger partial charge in [0.25, 0.3) is 5.91 Å². The molecule has 2 heterocycles. The summed E-state index contributed by atoms with van der Waals surface area (Å²) in [4.78, 5) is 42.7. The van der Waals surface area contributed by atoms with Gasteiger partial charge in [-0.3, -0.25) is 9.59 Å². The largest absolute Gasteiger partial charge is 0.450 e. The average molecular weight is 445 g/mol. The van der Waals surface area contributed by atoms with E-state index in [1.54, 1.807) is 18.0 Å². The number of ether oxygens (including phenoxy) is 1. The van der Waals surface area contributed by atoms with E-state index in [9.17, 15) is 14.4 Å². The molecule has 1 aromatic carbocycles. The van der Waals surface area contributed by atoms with E-state index in [0.717, 1.165) is 23.4 Å². The highest BCUT2D eigenvalue weighted by atomic mass is 32.1. The molecule has 31 heavy (non-hydrogen) atoms. The third-order valence-corrected chi connectivity index (χ3v) is 6.05. The lowest BCUT2D eigenvalue weighted by molar-refractivity contribution is -0.122. The number of thiazole rings is 1. The summed E-state index contributed by atoms with van der Waals surface area (Å²) in [7, 11) is 0. The maximum absolute atomic E-state index is 12.3.